The van der Waals surface area contributed by atoms with Gasteiger partial charge in [0.25, 0.3) is 0 Å². The van der Waals surface area contributed by atoms with E-state index in [9.17, 15) is 0 Å². The summed E-state index contributed by atoms with van der Waals surface area (Å²) in [6, 6.07) is 2.12. The van der Waals surface area contributed by atoms with E-state index in [1.807, 2.05) is 19.9 Å². The molecule has 1 aromatic heterocycles. The molecule has 0 aromatic carbocycles. The maximum Gasteiger partial charge on any atom is 0.0267 e. The van der Waals surface area contributed by atoms with Crippen LogP contribution in [0.4, 0.5) is 0 Å². The maximum atomic E-state index is 3.65. The summed E-state index contributed by atoms with van der Waals surface area (Å²) in [5, 5.41) is 2.12. The molecule has 0 nitrogen and oxygen atoms in total. The number of rotatable bonds is 1. The molecule has 0 radical (unpaired) electrons. The molecule has 1 rings (SSSR count). The Morgan fingerprint density at radius 3 is 2.30 bits per heavy atom. The first-order valence-electron chi connectivity index (χ1n) is 3.50. The van der Waals surface area contributed by atoms with Crippen molar-refractivity contribution in [3.63, 3.8) is 0 Å². The Labute approximate surface area is 67.2 Å². The van der Waals surface area contributed by atoms with Crippen LogP contribution in [0.3, 0.4) is 0 Å². The van der Waals surface area contributed by atoms with Gasteiger partial charge in [-0.15, -0.1) is 11.3 Å². The molecule has 0 bridgehead atoms. The number of aryl methyl sites for hydroxylation is 1. The SMILES string of the molecule is C=Cc1cc(C)cs1.CC. The fraction of sp³-hybridized carbons (Fsp3) is 0.333. The summed E-state index contributed by atoms with van der Waals surface area (Å²) in [7, 11) is 0. The summed E-state index contributed by atoms with van der Waals surface area (Å²) in [6.45, 7) is 9.74. The van der Waals surface area contributed by atoms with Crippen molar-refractivity contribution in [3.8, 4) is 0 Å². The van der Waals surface area contributed by atoms with Crippen molar-refractivity contribution in [1.29, 1.82) is 0 Å². The standard InChI is InChI=1S/C7H8S.C2H6/c1-3-7-4-6(2)5-8-7;1-2/h3-5H,1H2,2H3;1-2H3. The molecule has 0 unspecified atom stereocenters. The van der Waals surface area contributed by atoms with Crippen LogP contribution in [0, 0.1) is 6.92 Å². The van der Waals surface area contributed by atoms with E-state index in [0.29, 0.717) is 0 Å². The molecule has 0 aliphatic heterocycles. The average Bonchev–Trinajstić information content (AvgIpc) is 2.40. The van der Waals surface area contributed by atoms with E-state index < -0.39 is 0 Å². The third-order valence-electron chi connectivity index (χ3n) is 0.952. The third kappa shape index (κ3) is 2.83. The third-order valence-corrected chi connectivity index (χ3v) is 2.00. The predicted molar refractivity (Wildman–Crippen MR) is 50.5 cm³/mol. The Morgan fingerprint density at radius 2 is 2.10 bits per heavy atom. The molecular formula is C9H14S. The average molecular weight is 154 g/mol. The van der Waals surface area contributed by atoms with Crippen molar-refractivity contribution >= 4 is 17.4 Å². The summed E-state index contributed by atoms with van der Waals surface area (Å²) in [6.07, 6.45) is 1.87. The molecule has 0 aliphatic carbocycles. The van der Waals surface area contributed by atoms with Gasteiger partial charge < -0.3 is 0 Å². The lowest BCUT2D eigenvalue weighted by Gasteiger charge is -1.73. The minimum atomic E-state index is 1.25. The Balaban J connectivity index is 0.000000371. The number of hydrogen-bond donors (Lipinski definition) is 0. The van der Waals surface area contributed by atoms with Crippen LogP contribution in [0.15, 0.2) is 18.0 Å². The van der Waals surface area contributed by atoms with Gasteiger partial charge in [-0.2, -0.15) is 0 Å². The van der Waals surface area contributed by atoms with E-state index in [1.165, 1.54) is 10.4 Å². The molecule has 0 spiro atoms. The van der Waals surface area contributed by atoms with Crippen molar-refractivity contribution in [3.05, 3.63) is 28.5 Å². The molecule has 0 saturated heterocycles. The zero-order valence-electron chi connectivity index (χ0n) is 6.85. The summed E-state index contributed by atoms with van der Waals surface area (Å²) in [5.41, 5.74) is 1.32. The fourth-order valence-electron chi connectivity index (χ4n) is 0.560. The lowest BCUT2D eigenvalue weighted by molar-refractivity contribution is 1.50. The Hall–Kier alpha value is -0.560. The molecule has 1 heteroatoms. The quantitative estimate of drug-likeness (QED) is 0.578. The van der Waals surface area contributed by atoms with Gasteiger partial charge in [0, 0.05) is 4.88 Å². The number of thiophene rings is 1. The summed E-state index contributed by atoms with van der Waals surface area (Å²) < 4.78 is 0. The van der Waals surface area contributed by atoms with Crippen molar-refractivity contribution in [2.75, 3.05) is 0 Å². The fourth-order valence-corrected chi connectivity index (χ4v) is 1.30. The minimum Gasteiger partial charge on any atom is -0.144 e. The van der Waals surface area contributed by atoms with E-state index in [1.54, 1.807) is 11.3 Å². The highest BCUT2D eigenvalue weighted by Gasteiger charge is 1.86. The van der Waals surface area contributed by atoms with Gasteiger partial charge in [0.2, 0.25) is 0 Å². The van der Waals surface area contributed by atoms with Crippen LogP contribution in [0.25, 0.3) is 6.08 Å². The second-order valence-electron chi connectivity index (χ2n) is 1.73. The Bertz CT molecular complexity index is 186. The van der Waals surface area contributed by atoms with E-state index in [4.69, 9.17) is 0 Å². The molecule has 0 amide bonds. The Kier molecular flexibility index (Phi) is 4.95. The van der Waals surface area contributed by atoms with E-state index in [-0.39, 0.29) is 0 Å². The highest BCUT2D eigenvalue weighted by Crippen LogP contribution is 2.13. The molecule has 1 aromatic rings. The van der Waals surface area contributed by atoms with Crippen LogP contribution in [-0.4, -0.2) is 0 Å². The molecule has 56 valence electrons. The van der Waals surface area contributed by atoms with Gasteiger partial charge in [-0.1, -0.05) is 26.5 Å². The second kappa shape index (κ2) is 5.24. The molecular weight excluding hydrogens is 140 g/mol. The van der Waals surface area contributed by atoms with Gasteiger partial charge in [-0.25, -0.2) is 0 Å². The van der Waals surface area contributed by atoms with Crippen LogP contribution < -0.4 is 0 Å². The zero-order chi connectivity index (χ0) is 7.98. The van der Waals surface area contributed by atoms with Gasteiger partial charge in [0.15, 0.2) is 0 Å². The number of hydrogen-bond acceptors (Lipinski definition) is 1. The molecule has 0 atom stereocenters. The van der Waals surface area contributed by atoms with Crippen molar-refractivity contribution < 1.29 is 0 Å². The Morgan fingerprint density at radius 1 is 1.50 bits per heavy atom. The molecule has 10 heavy (non-hydrogen) atoms. The summed E-state index contributed by atoms with van der Waals surface area (Å²) >= 11 is 1.73. The summed E-state index contributed by atoms with van der Waals surface area (Å²) in [5.74, 6) is 0. The van der Waals surface area contributed by atoms with Gasteiger partial charge in [-0.3, -0.25) is 0 Å². The van der Waals surface area contributed by atoms with E-state index in [0.717, 1.165) is 0 Å². The molecule has 0 N–H and O–H groups in total. The monoisotopic (exact) mass is 154 g/mol. The maximum absolute atomic E-state index is 3.65. The first-order chi connectivity index (χ1) is 4.83. The minimum absolute atomic E-state index is 1.25. The van der Waals surface area contributed by atoms with Gasteiger partial charge >= 0.3 is 0 Å². The second-order valence-corrected chi connectivity index (χ2v) is 2.67. The highest BCUT2D eigenvalue weighted by molar-refractivity contribution is 7.11. The van der Waals surface area contributed by atoms with E-state index in [2.05, 4.69) is 24.9 Å². The van der Waals surface area contributed by atoms with E-state index >= 15 is 0 Å². The zero-order valence-corrected chi connectivity index (χ0v) is 7.66. The molecule has 0 fully saturated rings. The first-order valence-corrected chi connectivity index (χ1v) is 4.38. The molecule has 1 heterocycles. The first kappa shape index (κ1) is 9.44. The largest absolute Gasteiger partial charge is 0.144 e. The molecule has 0 saturated carbocycles. The van der Waals surface area contributed by atoms with Crippen LogP contribution in [0.1, 0.15) is 24.3 Å². The molecule has 0 aliphatic rings. The predicted octanol–water partition coefficient (Wildman–Crippen LogP) is 3.73. The summed E-state index contributed by atoms with van der Waals surface area (Å²) in [4.78, 5) is 1.25. The van der Waals surface area contributed by atoms with Gasteiger partial charge in [-0.05, 0) is 23.9 Å². The smallest absolute Gasteiger partial charge is 0.0267 e. The van der Waals surface area contributed by atoms with Crippen LogP contribution in [-0.2, 0) is 0 Å². The van der Waals surface area contributed by atoms with Crippen molar-refractivity contribution in [2.45, 2.75) is 20.8 Å². The lowest BCUT2D eigenvalue weighted by atomic mass is 10.3. The van der Waals surface area contributed by atoms with Crippen LogP contribution in [0.5, 0.6) is 0 Å². The normalized spacial score (nSPS) is 7.90. The van der Waals surface area contributed by atoms with Crippen LogP contribution >= 0.6 is 11.3 Å². The topological polar surface area (TPSA) is 0 Å². The highest BCUT2D eigenvalue weighted by atomic mass is 32.1. The van der Waals surface area contributed by atoms with Gasteiger partial charge in [0.1, 0.15) is 0 Å². The van der Waals surface area contributed by atoms with Crippen molar-refractivity contribution in [1.82, 2.24) is 0 Å². The van der Waals surface area contributed by atoms with Crippen molar-refractivity contribution in [2.24, 2.45) is 0 Å². The lowest BCUT2D eigenvalue weighted by Crippen LogP contribution is -1.54. The van der Waals surface area contributed by atoms with Gasteiger partial charge in [0.05, 0.1) is 0 Å². The van der Waals surface area contributed by atoms with Crippen LogP contribution in [0.2, 0.25) is 0 Å².